The Labute approximate surface area is 209 Å². The number of carbonyl (C=O) groups is 1. The third kappa shape index (κ3) is 6.85. The van der Waals surface area contributed by atoms with E-state index < -0.39 is 0 Å². The zero-order valence-electron chi connectivity index (χ0n) is 20.0. The van der Waals surface area contributed by atoms with Crippen LogP contribution in [0.2, 0.25) is 0 Å². The molecule has 5 rings (SSSR count). The van der Waals surface area contributed by atoms with E-state index in [9.17, 15) is 4.79 Å². The van der Waals surface area contributed by atoms with Gasteiger partial charge < -0.3 is 14.8 Å². The van der Waals surface area contributed by atoms with Crippen LogP contribution in [0.1, 0.15) is 40.7 Å². The van der Waals surface area contributed by atoms with Crippen molar-refractivity contribution in [3.05, 3.63) is 94.5 Å². The Bertz CT molecular complexity index is 1080. The summed E-state index contributed by atoms with van der Waals surface area (Å²) in [6, 6.07) is 23.6. The molecule has 5 heteroatoms. The first-order valence-electron chi connectivity index (χ1n) is 11.7. The number of benzene rings is 3. The average molecular weight is 480 g/mol. The van der Waals surface area contributed by atoms with Crippen LogP contribution in [0.4, 0.5) is 0 Å². The summed E-state index contributed by atoms with van der Waals surface area (Å²) in [5, 5.41) is 3.68. The molecule has 2 aliphatic rings. The predicted molar refractivity (Wildman–Crippen MR) is 139 cm³/mol. The van der Waals surface area contributed by atoms with Crippen molar-refractivity contribution in [1.82, 2.24) is 5.32 Å². The topological polar surface area (TPSA) is 47.6 Å². The molecule has 0 aliphatic heterocycles. The number of hydrogen-bond donors (Lipinski definition) is 1. The van der Waals surface area contributed by atoms with Crippen LogP contribution in [0.25, 0.3) is 0 Å². The Kier molecular flexibility index (Phi) is 9.55. The lowest BCUT2D eigenvalue weighted by atomic mass is 9.88. The van der Waals surface area contributed by atoms with Crippen molar-refractivity contribution in [3.8, 4) is 11.5 Å². The van der Waals surface area contributed by atoms with Crippen molar-refractivity contribution < 1.29 is 14.3 Å². The van der Waals surface area contributed by atoms with Gasteiger partial charge in [-0.3, -0.25) is 4.79 Å². The predicted octanol–water partition coefficient (Wildman–Crippen LogP) is 5.52. The maximum Gasteiger partial charge on any atom is 0.137 e. The molecule has 3 aromatic carbocycles. The van der Waals surface area contributed by atoms with Crippen molar-refractivity contribution in [2.75, 3.05) is 14.2 Å². The number of hydrogen-bond acceptors (Lipinski definition) is 4. The zero-order chi connectivity index (χ0) is 23.0. The molecule has 1 N–H and O–H groups in total. The van der Waals surface area contributed by atoms with Gasteiger partial charge in [0.2, 0.25) is 0 Å². The smallest absolute Gasteiger partial charge is 0.137 e. The molecule has 0 saturated heterocycles. The van der Waals surface area contributed by atoms with E-state index in [1.807, 2.05) is 18.2 Å². The molecule has 1 atom stereocenters. The first-order valence-corrected chi connectivity index (χ1v) is 11.7. The second-order valence-corrected chi connectivity index (χ2v) is 8.79. The van der Waals surface area contributed by atoms with Gasteiger partial charge >= 0.3 is 0 Å². The van der Waals surface area contributed by atoms with Gasteiger partial charge in [-0.25, -0.2) is 0 Å². The van der Waals surface area contributed by atoms with E-state index in [2.05, 4.69) is 53.8 Å². The summed E-state index contributed by atoms with van der Waals surface area (Å²) in [5.74, 6) is 2.20. The van der Waals surface area contributed by atoms with Gasteiger partial charge in [0, 0.05) is 25.4 Å². The summed E-state index contributed by atoms with van der Waals surface area (Å²) in [5.41, 5.74) is 6.69. The largest absolute Gasteiger partial charge is 0.497 e. The van der Waals surface area contributed by atoms with Gasteiger partial charge in [-0.2, -0.15) is 0 Å². The summed E-state index contributed by atoms with van der Waals surface area (Å²) in [6.45, 7) is 0.955. The fourth-order valence-corrected chi connectivity index (χ4v) is 4.60. The van der Waals surface area contributed by atoms with Crippen LogP contribution in [0.5, 0.6) is 11.5 Å². The van der Waals surface area contributed by atoms with Gasteiger partial charge in [0.1, 0.15) is 17.3 Å². The number of methoxy groups -OCH3 is 2. The fraction of sp³-hybridized carbons (Fsp3) is 0.345. The monoisotopic (exact) mass is 479 g/mol. The number of aryl methyl sites for hydroxylation is 2. The number of halogens is 1. The van der Waals surface area contributed by atoms with Gasteiger partial charge in [0.25, 0.3) is 0 Å². The highest BCUT2D eigenvalue weighted by atomic mass is 35.5. The second-order valence-electron chi connectivity index (χ2n) is 8.79. The lowest BCUT2D eigenvalue weighted by molar-refractivity contribution is -0.118. The van der Waals surface area contributed by atoms with E-state index in [1.54, 1.807) is 14.2 Å². The zero-order valence-corrected chi connectivity index (χ0v) is 20.8. The third-order valence-corrected chi connectivity index (χ3v) is 6.55. The Morgan fingerprint density at radius 1 is 0.794 bits per heavy atom. The standard InChI is InChI=1S/C18H21NO.C11H12O2.ClH/c1-20-18-10-8-15-11-17(9-7-16(15)12-18)19-13-14-5-3-2-4-6-14;1-13-11-5-3-8-6-10(12)4-2-9(8)7-11;/h2-6,8,10,12,17,19H,7,9,11,13H2,1H3;3,5,7H,2,4,6H2,1H3;1H. The Hall–Kier alpha value is -2.82. The van der Waals surface area contributed by atoms with Crippen molar-refractivity contribution in [2.24, 2.45) is 0 Å². The summed E-state index contributed by atoms with van der Waals surface area (Å²) < 4.78 is 10.4. The van der Waals surface area contributed by atoms with Gasteiger partial charge in [-0.1, -0.05) is 42.5 Å². The summed E-state index contributed by atoms with van der Waals surface area (Å²) in [6.07, 6.45) is 5.60. The number of ether oxygens (including phenoxy) is 2. The summed E-state index contributed by atoms with van der Waals surface area (Å²) >= 11 is 0. The van der Waals surface area contributed by atoms with Crippen LogP contribution in [0.3, 0.4) is 0 Å². The Morgan fingerprint density at radius 3 is 2.12 bits per heavy atom. The highest BCUT2D eigenvalue weighted by Gasteiger charge is 2.18. The van der Waals surface area contributed by atoms with Crippen LogP contribution in [-0.4, -0.2) is 26.0 Å². The van der Waals surface area contributed by atoms with Gasteiger partial charge in [-0.15, -0.1) is 12.4 Å². The van der Waals surface area contributed by atoms with Crippen molar-refractivity contribution in [1.29, 1.82) is 0 Å². The Balaban J connectivity index is 0.000000201. The molecule has 0 saturated carbocycles. The van der Waals surface area contributed by atoms with Crippen molar-refractivity contribution in [2.45, 2.75) is 51.1 Å². The third-order valence-electron chi connectivity index (χ3n) is 6.55. The van der Waals surface area contributed by atoms with Crippen molar-refractivity contribution >= 4 is 18.2 Å². The van der Waals surface area contributed by atoms with Crippen LogP contribution < -0.4 is 14.8 Å². The van der Waals surface area contributed by atoms with Crippen LogP contribution >= 0.6 is 12.4 Å². The van der Waals surface area contributed by atoms with E-state index in [-0.39, 0.29) is 12.4 Å². The SMILES string of the molecule is COc1ccc2c(c1)CCC(=O)C2.COc1ccc2c(c1)CCC(NCc1ccccc1)C2.Cl. The molecule has 0 amide bonds. The highest BCUT2D eigenvalue weighted by Crippen LogP contribution is 2.26. The molecule has 3 aromatic rings. The molecule has 0 bridgehead atoms. The average Bonchev–Trinajstić information content (AvgIpc) is 2.87. The first-order chi connectivity index (χ1) is 16.1. The van der Waals surface area contributed by atoms with Crippen LogP contribution in [-0.2, 0) is 37.0 Å². The Morgan fingerprint density at radius 2 is 1.44 bits per heavy atom. The molecule has 0 fully saturated rings. The van der Waals surface area contributed by atoms with E-state index in [0.29, 0.717) is 24.7 Å². The highest BCUT2D eigenvalue weighted by molar-refractivity contribution is 5.85. The maximum atomic E-state index is 11.1. The van der Waals surface area contributed by atoms with Crippen LogP contribution in [0.15, 0.2) is 66.7 Å². The van der Waals surface area contributed by atoms with E-state index in [0.717, 1.165) is 42.9 Å². The molecule has 0 radical (unpaired) electrons. The van der Waals surface area contributed by atoms with Gasteiger partial charge in [0.05, 0.1) is 14.2 Å². The van der Waals surface area contributed by atoms with E-state index >= 15 is 0 Å². The number of carbonyl (C=O) groups excluding carboxylic acids is 1. The molecule has 0 spiro atoms. The molecule has 34 heavy (non-hydrogen) atoms. The first kappa shape index (κ1) is 25.8. The number of fused-ring (bicyclic) bond motifs is 2. The minimum Gasteiger partial charge on any atom is -0.497 e. The molecular weight excluding hydrogens is 446 g/mol. The normalized spacial score (nSPS) is 16.2. The van der Waals surface area contributed by atoms with Crippen LogP contribution in [0, 0.1) is 0 Å². The number of ketones is 1. The summed E-state index contributed by atoms with van der Waals surface area (Å²) in [4.78, 5) is 11.1. The van der Waals surface area contributed by atoms with Gasteiger partial charge in [0.15, 0.2) is 0 Å². The quantitative estimate of drug-likeness (QED) is 0.523. The van der Waals surface area contributed by atoms with E-state index in [1.165, 1.54) is 28.7 Å². The lowest BCUT2D eigenvalue weighted by Crippen LogP contribution is -2.34. The molecule has 1 unspecified atom stereocenters. The maximum absolute atomic E-state index is 11.1. The minimum absolute atomic E-state index is 0. The molecule has 4 nitrogen and oxygen atoms in total. The number of nitrogens with one attached hydrogen (secondary N) is 1. The van der Waals surface area contributed by atoms with E-state index in [4.69, 9.17) is 9.47 Å². The molecule has 0 aromatic heterocycles. The van der Waals surface area contributed by atoms with Crippen molar-refractivity contribution in [3.63, 3.8) is 0 Å². The molecule has 2 aliphatic carbocycles. The lowest BCUT2D eigenvalue weighted by Gasteiger charge is -2.26. The fourth-order valence-electron chi connectivity index (χ4n) is 4.60. The molecular formula is C29H34ClNO3. The number of rotatable bonds is 5. The van der Waals surface area contributed by atoms with Gasteiger partial charge in [-0.05, 0) is 77.8 Å². The second kappa shape index (κ2) is 12.6. The summed E-state index contributed by atoms with van der Waals surface area (Å²) in [7, 11) is 3.39. The minimum atomic E-state index is 0. The number of Topliss-reactive ketones (excluding diaryl/α,β-unsaturated/α-hetero) is 1. The molecule has 180 valence electrons. The molecule has 0 heterocycles.